The summed E-state index contributed by atoms with van der Waals surface area (Å²) in [5.74, 6) is 2.07. The fraction of sp³-hybridized carbons (Fsp3) is 0.400. The molecule has 2 N–H and O–H groups in total. The average molecular weight is 273 g/mol. The fourth-order valence-electron chi connectivity index (χ4n) is 2.01. The van der Waals surface area contributed by atoms with Gasteiger partial charge in [-0.2, -0.15) is 0 Å². The Morgan fingerprint density at radius 2 is 2.11 bits per heavy atom. The maximum absolute atomic E-state index is 4.46. The van der Waals surface area contributed by atoms with Crippen LogP contribution in [0.4, 0.5) is 0 Å². The first-order valence-corrected chi connectivity index (χ1v) is 7.84. The molecule has 1 aromatic carbocycles. The predicted molar refractivity (Wildman–Crippen MR) is 80.3 cm³/mol. The molecule has 1 aliphatic rings. The smallest absolute Gasteiger partial charge is 0.137 e. The van der Waals surface area contributed by atoms with Crippen molar-refractivity contribution in [3.63, 3.8) is 0 Å². The lowest BCUT2D eigenvalue weighted by molar-refractivity contribution is 0.677. The third-order valence-corrected chi connectivity index (χ3v) is 4.12. The number of aromatic amines is 1. The summed E-state index contributed by atoms with van der Waals surface area (Å²) in [6.07, 6.45) is 4.56. The normalized spacial score (nSPS) is 14.8. The molecule has 0 radical (unpaired) electrons. The molecule has 0 amide bonds. The summed E-state index contributed by atoms with van der Waals surface area (Å²) < 4.78 is 0. The van der Waals surface area contributed by atoms with E-state index < -0.39 is 0 Å². The van der Waals surface area contributed by atoms with E-state index in [0.717, 1.165) is 35.4 Å². The maximum atomic E-state index is 4.46. The molecule has 0 unspecified atom stereocenters. The number of imidazole rings is 1. The van der Waals surface area contributed by atoms with E-state index in [9.17, 15) is 0 Å². The van der Waals surface area contributed by atoms with Gasteiger partial charge in [-0.3, -0.25) is 0 Å². The van der Waals surface area contributed by atoms with Crippen LogP contribution in [0.3, 0.4) is 0 Å². The monoisotopic (exact) mass is 273 g/mol. The number of nitrogens with one attached hydrogen (secondary N) is 2. The number of aromatic nitrogens is 2. The van der Waals surface area contributed by atoms with Crippen molar-refractivity contribution in [2.45, 2.75) is 37.2 Å². The van der Waals surface area contributed by atoms with Crippen LogP contribution >= 0.6 is 11.8 Å². The Hall–Kier alpha value is -1.26. The highest BCUT2D eigenvalue weighted by atomic mass is 32.2. The second kappa shape index (κ2) is 5.80. The van der Waals surface area contributed by atoms with Gasteiger partial charge >= 0.3 is 0 Å². The van der Waals surface area contributed by atoms with E-state index in [4.69, 9.17) is 0 Å². The first kappa shape index (κ1) is 12.8. The van der Waals surface area contributed by atoms with Gasteiger partial charge in [0.25, 0.3) is 0 Å². The number of H-pyrrole nitrogens is 1. The molecule has 0 atom stereocenters. The number of rotatable bonds is 6. The molecule has 0 aliphatic heterocycles. The topological polar surface area (TPSA) is 40.7 Å². The van der Waals surface area contributed by atoms with Crippen molar-refractivity contribution in [3.8, 4) is 11.4 Å². The van der Waals surface area contributed by atoms with Crippen LogP contribution in [0.2, 0.25) is 0 Å². The lowest BCUT2D eigenvalue weighted by Crippen LogP contribution is -2.15. The van der Waals surface area contributed by atoms with E-state index >= 15 is 0 Å². The first-order valence-electron chi connectivity index (χ1n) is 6.85. The molecule has 3 nitrogen and oxygen atoms in total. The standard InChI is InChI=1S/C15H19N3S/c1-2-19-14-7-3-11(4-8-14)15-17-10-13(18-15)9-16-12-5-6-12/h3-4,7-8,10,12,16H,2,5-6,9H2,1H3,(H,17,18). The summed E-state index contributed by atoms with van der Waals surface area (Å²) in [5.41, 5.74) is 2.31. The Morgan fingerprint density at radius 1 is 1.32 bits per heavy atom. The highest BCUT2D eigenvalue weighted by Crippen LogP contribution is 2.23. The summed E-state index contributed by atoms with van der Waals surface area (Å²) in [5, 5.41) is 3.49. The van der Waals surface area contributed by atoms with Gasteiger partial charge in [-0.05, 0) is 30.7 Å². The Balaban J connectivity index is 1.66. The Labute approximate surface area is 118 Å². The molecule has 1 saturated carbocycles. The average Bonchev–Trinajstić information content (AvgIpc) is 3.15. The number of hydrogen-bond donors (Lipinski definition) is 2. The Kier molecular flexibility index (Phi) is 3.89. The van der Waals surface area contributed by atoms with Crippen molar-refractivity contribution >= 4 is 11.8 Å². The van der Waals surface area contributed by atoms with Crippen LogP contribution in [0.1, 0.15) is 25.5 Å². The van der Waals surface area contributed by atoms with Gasteiger partial charge in [-0.1, -0.05) is 19.1 Å². The Bertz CT molecular complexity index is 529. The fourth-order valence-corrected chi connectivity index (χ4v) is 2.67. The quantitative estimate of drug-likeness (QED) is 0.792. The van der Waals surface area contributed by atoms with Crippen LogP contribution in [0.5, 0.6) is 0 Å². The van der Waals surface area contributed by atoms with Crippen molar-refractivity contribution < 1.29 is 0 Å². The van der Waals surface area contributed by atoms with Crippen LogP contribution < -0.4 is 5.32 Å². The molecule has 1 heterocycles. The van der Waals surface area contributed by atoms with Gasteiger partial charge in [-0.25, -0.2) is 4.98 Å². The van der Waals surface area contributed by atoms with Gasteiger partial charge in [0.05, 0.1) is 0 Å². The van der Waals surface area contributed by atoms with Crippen molar-refractivity contribution in [1.82, 2.24) is 15.3 Å². The van der Waals surface area contributed by atoms with Crippen molar-refractivity contribution in [3.05, 3.63) is 36.2 Å². The van der Waals surface area contributed by atoms with E-state index in [0.29, 0.717) is 0 Å². The molecule has 0 saturated heterocycles. The van der Waals surface area contributed by atoms with Gasteiger partial charge in [0.15, 0.2) is 0 Å². The zero-order valence-electron chi connectivity index (χ0n) is 11.1. The largest absolute Gasteiger partial charge is 0.341 e. The summed E-state index contributed by atoms with van der Waals surface area (Å²) >= 11 is 1.86. The van der Waals surface area contributed by atoms with Crippen molar-refractivity contribution in [1.29, 1.82) is 0 Å². The minimum absolute atomic E-state index is 0.733. The van der Waals surface area contributed by atoms with Crippen LogP contribution in [0.15, 0.2) is 35.4 Å². The molecule has 2 aromatic rings. The number of thioether (sulfide) groups is 1. The Morgan fingerprint density at radius 3 is 2.79 bits per heavy atom. The zero-order chi connectivity index (χ0) is 13.1. The number of nitrogens with zero attached hydrogens (tertiary/aromatic N) is 1. The van der Waals surface area contributed by atoms with Crippen LogP contribution in [0, 0.1) is 0 Å². The van der Waals surface area contributed by atoms with E-state index in [-0.39, 0.29) is 0 Å². The lowest BCUT2D eigenvalue weighted by Gasteiger charge is -2.01. The molecule has 3 rings (SSSR count). The van der Waals surface area contributed by atoms with E-state index in [1.165, 1.54) is 17.7 Å². The second-order valence-corrected chi connectivity index (χ2v) is 6.21. The van der Waals surface area contributed by atoms with Crippen molar-refractivity contribution in [2.75, 3.05) is 5.75 Å². The highest BCUT2D eigenvalue weighted by Gasteiger charge is 2.20. The second-order valence-electron chi connectivity index (χ2n) is 4.87. The lowest BCUT2D eigenvalue weighted by atomic mass is 10.2. The van der Waals surface area contributed by atoms with Crippen LogP contribution in [-0.4, -0.2) is 21.8 Å². The molecular formula is C15H19N3S. The van der Waals surface area contributed by atoms with E-state index in [1.807, 2.05) is 18.0 Å². The molecule has 100 valence electrons. The molecule has 0 spiro atoms. The minimum atomic E-state index is 0.733. The van der Waals surface area contributed by atoms with Gasteiger partial charge in [0.2, 0.25) is 0 Å². The van der Waals surface area contributed by atoms with Gasteiger partial charge < -0.3 is 10.3 Å². The summed E-state index contributed by atoms with van der Waals surface area (Å²) in [7, 11) is 0. The van der Waals surface area contributed by atoms with Gasteiger partial charge in [0.1, 0.15) is 5.82 Å². The first-order chi connectivity index (χ1) is 9.35. The molecule has 4 heteroatoms. The molecule has 1 aliphatic carbocycles. The van der Waals surface area contributed by atoms with Gasteiger partial charge in [-0.15, -0.1) is 11.8 Å². The van der Waals surface area contributed by atoms with Crippen LogP contribution in [-0.2, 0) is 6.54 Å². The van der Waals surface area contributed by atoms with Gasteiger partial charge in [0, 0.05) is 34.9 Å². The molecule has 1 aromatic heterocycles. The predicted octanol–water partition coefficient (Wildman–Crippen LogP) is 3.44. The minimum Gasteiger partial charge on any atom is -0.341 e. The summed E-state index contributed by atoms with van der Waals surface area (Å²) in [4.78, 5) is 9.16. The number of hydrogen-bond acceptors (Lipinski definition) is 3. The maximum Gasteiger partial charge on any atom is 0.137 e. The molecule has 19 heavy (non-hydrogen) atoms. The van der Waals surface area contributed by atoms with E-state index in [2.05, 4.69) is 46.5 Å². The number of benzene rings is 1. The third kappa shape index (κ3) is 3.39. The SMILES string of the molecule is CCSc1ccc(-c2ncc(CNC3CC3)[nH]2)cc1. The zero-order valence-corrected chi connectivity index (χ0v) is 12.0. The van der Waals surface area contributed by atoms with Crippen LogP contribution in [0.25, 0.3) is 11.4 Å². The highest BCUT2D eigenvalue weighted by molar-refractivity contribution is 7.99. The molecule has 1 fully saturated rings. The third-order valence-electron chi connectivity index (χ3n) is 3.23. The molecule has 0 bridgehead atoms. The summed E-state index contributed by atoms with van der Waals surface area (Å²) in [6.45, 7) is 3.06. The van der Waals surface area contributed by atoms with E-state index in [1.54, 1.807) is 0 Å². The summed E-state index contributed by atoms with van der Waals surface area (Å²) in [6, 6.07) is 9.32. The van der Waals surface area contributed by atoms with Crippen molar-refractivity contribution in [2.24, 2.45) is 0 Å². The molecular weight excluding hydrogens is 254 g/mol.